The molecule has 1 saturated heterocycles. The summed E-state index contributed by atoms with van der Waals surface area (Å²) >= 11 is 0. The van der Waals surface area contributed by atoms with Crippen LogP contribution in [0.15, 0.2) is 49.1 Å². The molecule has 25 heavy (non-hydrogen) atoms. The van der Waals surface area contributed by atoms with Crippen LogP contribution in [0.1, 0.15) is 16.8 Å². The van der Waals surface area contributed by atoms with Crippen molar-refractivity contribution in [2.45, 2.75) is 6.42 Å². The summed E-state index contributed by atoms with van der Waals surface area (Å²) < 4.78 is 1.96. The number of nitrogens with zero attached hydrogens (tertiary/aromatic N) is 5. The number of pyridine rings is 1. The molecule has 1 aliphatic heterocycles. The van der Waals surface area contributed by atoms with E-state index in [1.807, 2.05) is 59.2 Å². The predicted octanol–water partition coefficient (Wildman–Crippen LogP) is 2.32. The normalized spacial score (nSPS) is 15.4. The van der Waals surface area contributed by atoms with Crippen molar-refractivity contribution in [3.8, 4) is 0 Å². The number of hydrogen-bond acceptors (Lipinski definition) is 4. The summed E-state index contributed by atoms with van der Waals surface area (Å²) in [6.07, 6.45) is 6.35. The molecule has 0 radical (unpaired) electrons. The van der Waals surface area contributed by atoms with Crippen LogP contribution in [0.25, 0.3) is 11.0 Å². The third kappa shape index (κ3) is 3.07. The average Bonchev–Trinajstić information content (AvgIpc) is 2.87. The van der Waals surface area contributed by atoms with Crippen LogP contribution in [0.2, 0.25) is 0 Å². The number of imidazole rings is 1. The van der Waals surface area contributed by atoms with Crippen LogP contribution < -0.4 is 4.90 Å². The first-order chi connectivity index (χ1) is 12.2. The van der Waals surface area contributed by atoms with E-state index >= 15 is 0 Å². The maximum Gasteiger partial charge on any atom is 0.253 e. The number of hydrogen-bond donors (Lipinski definition) is 0. The largest absolute Gasteiger partial charge is 0.370 e. The summed E-state index contributed by atoms with van der Waals surface area (Å²) in [5.41, 5.74) is 3.78. The Labute approximate surface area is 146 Å². The van der Waals surface area contributed by atoms with Crippen molar-refractivity contribution in [2.24, 2.45) is 7.05 Å². The first kappa shape index (κ1) is 15.6. The molecule has 0 N–H and O–H groups in total. The lowest BCUT2D eigenvalue weighted by Crippen LogP contribution is -2.35. The summed E-state index contributed by atoms with van der Waals surface area (Å²) in [4.78, 5) is 25.6. The zero-order valence-corrected chi connectivity index (χ0v) is 14.3. The fraction of sp³-hybridized carbons (Fsp3) is 0.316. The monoisotopic (exact) mass is 335 g/mol. The Morgan fingerprint density at radius 3 is 2.72 bits per heavy atom. The second-order valence-corrected chi connectivity index (χ2v) is 6.40. The van der Waals surface area contributed by atoms with E-state index < -0.39 is 0 Å². The Hall–Kier alpha value is -2.89. The summed E-state index contributed by atoms with van der Waals surface area (Å²) in [6, 6.07) is 9.80. The average molecular weight is 335 g/mol. The van der Waals surface area contributed by atoms with Crippen molar-refractivity contribution < 1.29 is 4.79 Å². The van der Waals surface area contributed by atoms with E-state index in [0.717, 1.165) is 43.6 Å². The molecule has 0 saturated carbocycles. The highest BCUT2D eigenvalue weighted by molar-refractivity contribution is 5.97. The minimum Gasteiger partial charge on any atom is -0.370 e. The van der Waals surface area contributed by atoms with Gasteiger partial charge in [-0.3, -0.25) is 9.78 Å². The molecule has 1 aliphatic rings. The molecule has 0 spiro atoms. The highest BCUT2D eigenvalue weighted by Gasteiger charge is 2.21. The Kier molecular flexibility index (Phi) is 4.09. The van der Waals surface area contributed by atoms with E-state index in [-0.39, 0.29) is 5.91 Å². The predicted molar refractivity (Wildman–Crippen MR) is 97.7 cm³/mol. The molecule has 0 bridgehead atoms. The number of rotatable bonds is 2. The topological polar surface area (TPSA) is 54.3 Å². The fourth-order valence-electron chi connectivity index (χ4n) is 3.39. The van der Waals surface area contributed by atoms with E-state index in [9.17, 15) is 4.79 Å². The van der Waals surface area contributed by atoms with Crippen LogP contribution in [0.3, 0.4) is 0 Å². The number of anilines is 1. The Morgan fingerprint density at radius 2 is 1.88 bits per heavy atom. The molecule has 3 aromatic rings. The third-order valence-electron chi connectivity index (χ3n) is 4.78. The Morgan fingerprint density at radius 1 is 1.04 bits per heavy atom. The SMILES string of the molecule is Cn1cnc2cc(C(=O)N3CCCN(c4ccncc4)CC3)ccc21. The zero-order chi connectivity index (χ0) is 17.2. The lowest BCUT2D eigenvalue weighted by atomic mass is 10.1. The molecule has 0 aliphatic carbocycles. The van der Waals surface area contributed by atoms with Gasteiger partial charge in [-0.15, -0.1) is 0 Å². The van der Waals surface area contributed by atoms with E-state index in [4.69, 9.17) is 0 Å². The van der Waals surface area contributed by atoms with Crippen molar-refractivity contribution in [1.82, 2.24) is 19.4 Å². The summed E-state index contributed by atoms with van der Waals surface area (Å²) in [6.45, 7) is 3.29. The first-order valence-corrected chi connectivity index (χ1v) is 8.58. The highest BCUT2D eigenvalue weighted by atomic mass is 16.2. The van der Waals surface area contributed by atoms with Crippen LogP contribution in [-0.4, -0.2) is 51.5 Å². The van der Waals surface area contributed by atoms with Gasteiger partial charge >= 0.3 is 0 Å². The van der Waals surface area contributed by atoms with Crippen molar-refractivity contribution in [1.29, 1.82) is 0 Å². The molecule has 0 unspecified atom stereocenters. The summed E-state index contributed by atoms with van der Waals surface area (Å²) in [5.74, 6) is 0.0872. The minimum atomic E-state index is 0.0872. The van der Waals surface area contributed by atoms with Crippen LogP contribution in [-0.2, 0) is 7.05 Å². The van der Waals surface area contributed by atoms with Gasteiger partial charge in [-0.2, -0.15) is 0 Å². The van der Waals surface area contributed by atoms with E-state index in [1.165, 1.54) is 5.69 Å². The highest BCUT2D eigenvalue weighted by Crippen LogP contribution is 2.18. The zero-order valence-electron chi connectivity index (χ0n) is 14.3. The van der Waals surface area contributed by atoms with Gasteiger partial charge in [-0.1, -0.05) is 0 Å². The van der Waals surface area contributed by atoms with Crippen LogP contribution in [0, 0.1) is 0 Å². The van der Waals surface area contributed by atoms with Gasteiger partial charge in [0.05, 0.1) is 17.4 Å². The molecule has 4 rings (SSSR count). The second-order valence-electron chi connectivity index (χ2n) is 6.40. The van der Waals surface area contributed by atoms with Gasteiger partial charge in [0.25, 0.3) is 5.91 Å². The smallest absolute Gasteiger partial charge is 0.253 e. The third-order valence-corrected chi connectivity index (χ3v) is 4.78. The van der Waals surface area contributed by atoms with Crippen molar-refractivity contribution >= 4 is 22.6 Å². The van der Waals surface area contributed by atoms with Gasteiger partial charge in [-0.05, 0) is 36.8 Å². The van der Waals surface area contributed by atoms with E-state index in [1.54, 1.807) is 6.33 Å². The number of fused-ring (bicyclic) bond motifs is 1. The number of carbonyl (C=O) groups excluding carboxylic acids is 1. The molecule has 128 valence electrons. The first-order valence-electron chi connectivity index (χ1n) is 8.58. The van der Waals surface area contributed by atoms with E-state index in [0.29, 0.717) is 5.56 Å². The number of carbonyl (C=O) groups is 1. The lowest BCUT2D eigenvalue weighted by molar-refractivity contribution is 0.0767. The maximum absolute atomic E-state index is 12.9. The molecule has 1 amide bonds. The molecule has 0 atom stereocenters. The minimum absolute atomic E-state index is 0.0872. The maximum atomic E-state index is 12.9. The van der Waals surface area contributed by atoms with Gasteiger partial charge in [0.15, 0.2) is 0 Å². The summed E-state index contributed by atoms with van der Waals surface area (Å²) in [5, 5.41) is 0. The van der Waals surface area contributed by atoms with Gasteiger partial charge in [-0.25, -0.2) is 4.98 Å². The van der Waals surface area contributed by atoms with Crippen LogP contribution in [0.5, 0.6) is 0 Å². The number of amides is 1. The van der Waals surface area contributed by atoms with Gasteiger partial charge in [0.1, 0.15) is 0 Å². The molecule has 6 heteroatoms. The number of aromatic nitrogens is 3. The number of benzene rings is 1. The van der Waals surface area contributed by atoms with Crippen LogP contribution in [0.4, 0.5) is 5.69 Å². The number of aryl methyl sites for hydroxylation is 1. The van der Waals surface area contributed by atoms with Crippen LogP contribution >= 0.6 is 0 Å². The lowest BCUT2D eigenvalue weighted by Gasteiger charge is -2.23. The molecule has 1 fully saturated rings. The summed E-state index contributed by atoms with van der Waals surface area (Å²) in [7, 11) is 1.96. The Bertz CT molecular complexity index is 889. The van der Waals surface area contributed by atoms with Crippen molar-refractivity contribution in [3.63, 3.8) is 0 Å². The Balaban J connectivity index is 1.50. The molecular weight excluding hydrogens is 314 g/mol. The van der Waals surface area contributed by atoms with Gasteiger partial charge < -0.3 is 14.4 Å². The molecule has 2 aromatic heterocycles. The molecular formula is C19H21N5O. The van der Waals surface area contributed by atoms with Gasteiger partial charge in [0.2, 0.25) is 0 Å². The van der Waals surface area contributed by atoms with E-state index in [2.05, 4.69) is 14.9 Å². The molecule has 6 nitrogen and oxygen atoms in total. The molecule has 3 heterocycles. The van der Waals surface area contributed by atoms with Crippen molar-refractivity contribution in [3.05, 3.63) is 54.6 Å². The second kappa shape index (κ2) is 6.55. The standard InChI is InChI=1S/C19H21N5O/c1-22-14-21-17-13-15(3-4-18(17)22)19(25)24-10-2-9-23(11-12-24)16-5-7-20-8-6-16/h3-8,13-14H,2,9-12H2,1H3. The van der Waals surface area contributed by atoms with Crippen molar-refractivity contribution in [2.75, 3.05) is 31.1 Å². The van der Waals surface area contributed by atoms with Gasteiger partial charge in [0, 0.05) is 56.9 Å². The quantitative estimate of drug-likeness (QED) is 0.721. The molecule has 1 aromatic carbocycles. The fourth-order valence-corrected chi connectivity index (χ4v) is 3.39.